The Balaban J connectivity index is 1.56. The molecule has 6 nitrogen and oxygen atoms in total. The molecule has 2 aliphatic heterocycles. The molecule has 2 saturated heterocycles. The normalized spacial score (nSPS) is 19.7. The van der Waals surface area contributed by atoms with Crippen LogP contribution in [0.15, 0.2) is 24.3 Å². The molecule has 0 radical (unpaired) electrons. The van der Waals surface area contributed by atoms with Crippen LogP contribution in [0.2, 0.25) is 0 Å². The summed E-state index contributed by atoms with van der Waals surface area (Å²) >= 11 is 0. The third kappa shape index (κ3) is 3.00. The summed E-state index contributed by atoms with van der Waals surface area (Å²) in [6.07, 6.45) is 1.39. The molecule has 0 saturated carbocycles. The number of hydrogen-bond acceptors (Lipinski definition) is 4. The number of piperidine rings is 1. The number of carbonyl (C=O) groups is 2. The van der Waals surface area contributed by atoms with E-state index in [1.54, 1.807) is 7.11 Å². The Morgan fingerprint density at radius 2 is 2.18 bits per heavy atom. The van der Waals surface area contributed by atoms with E-state index >= 15 is 0 Å². The number of alkyl carbamates (subject to hydrolysis) is 1. The summed E-state index contributed by atoms with van der Waals surface area (Å²) in [7, 11) is 1.61. The van der Waals surface area contributed by atoms with E-state index < -0.39 is 5.60 Å². The zero-order valence-corrected chi connectivity index (χ0v) is 12.6. The number of ether oxygens (including phenoxy) is 2. The number of hydrogen-bond donors (Lipinski definition) is 1. The number of carbonyl (C=O) groups excluding carboxylic acids is 2. The number of nitrogens with zero attached hydrogens (tertiary/aromatic N) is 1. The summed E-state index contributed by atoms with van der Waals surface area (Å²) in [5.74, 6) is 0.854. The number of benzene rings is 1. The second kappa shape index (κ2) is 5.87. The van der Waals surface area contributed by atoms with Gasteiger partial charge in [-0.15, -0.1) is 0 Å². The number of amides is 2. The van der Waals surface area contributed by atoms with Gasteiger partial charge >= 0.3 is 6.09 Å². The maximum absolute atomic E-state index is 12.4. The molecule has 2 aliphatic rings. The Bertz CT molecular complexity index is 579. The van der Waals surface area contributed by atoms with Crippen LogP contribution in [0.25, 0.3) is 0 Å². The molecule has 1 N–H and O–H groups in total. The molecule has 3 rings (SSSR count). The number of methoxy groups -OCH3 is 1. The minimum Gasteiger partial charge on any atom is -0.497 e. The van der Waals surface area contributed by atoms with Crippen LogP contribution in [0.4, 0.5) is 4.79 Å². The van der Waals surface area contributed by atoms with Crippen LogP contribution >= 0.6 is 0 Å². The third-order valence-corrected chi connectivity index (χ3v) is 4.38. The fourth-order valence-electron chi connectivity index (χ4n) is 3.01. The van der Waals surface area contributed by atoms with Gasteiger partial charge in [-0.2, -0.15) is 0 Å². The van der Waals surface area contributed by atoms with Gasteiger partial charge in [-0.25, -0.2) is 4.79 Å². The molecular weight excluding hydrogens is 284 g/mol. The Kier molecular flexibility index (Phi) is 3.92. The molecule has 6 heteroatoms. The van der Waals surface area contributed by atoms with Gasteiger partial charge in [0.15, 0.2) is 0 Å². The van der Waals surface area contributed by atoms with Crippen LogP contribution in [-0.2, 0) is 16.0 Å². The lowest BCUT2D eigenvalue weighted by Gasteiger charge is -2.37. The summed E-state index contributed by atoms with van der Waals surface area (Å²) in [5, 5.41) is 2.70. The summed E-state index contributed by atoms with van der Waals surface area (Å²) < 4.78 is 10.5. The van der Waals surface area contributed by atoms with E-state index in [1.165, 1.54) is 0 Å². The summed E-state index contributed by atoms with van der Waals surface area (Å²) in [5.41, 5.74) is 0.530. The highest BCUT2D eigenvalue weighted by molar-refractivity contribution is 5.79. The van der Waals surface area contributed by atoms with Gasteiger partial charge in [0, 0.05) is 25.9 Å². The maximum Gasteiger partial charge on any atom is 0.407 e. The highest BCUT2D eigenvalue weighted by Gasteiger charge is 2.43. The van der Waals surface area contributed by atoms with Gasteiger partial charge in [0.25, 0.3) is 0 Å². The van der Waals surface area contributed by atoms with Gasteiger partial charge in [0.2, 0.25) is 5.91 Å². The van der Waals surface area contributed by atoms with Gasteiger partial charge in [-0.05, 0) is 17.7 Å². The number of nitrogens with one attached hydrogen (secondary N) is 1. The van der Waals surface area contributed by atoms with Crippen molar-refractivity contribution in [2.75, 3.05) is 26.7 Å². The summed E-state index contributed by atoms with van der Waals surface area (Å²) in [6, 6.07) is 7.55. The molecule has 0 aromatic heterocycles. The maximum atomic E-state index is 12.4. The average molecular weight is 304 g/mol. The van der Waals surface area contributed by atoms with E-state index in [2.05, 4.69) is 5.32 Å². The van der Waals surface area contributed by atoms with Crippen molar-refractivity contribution in [2.24, 2.45) is 0 Å². The molecule has 0 atom stereocenters. The monoisotopic (exact) mass is 304 g/mol. The average Bonchev–Trinajstić information content (AvgIpc) is 2.89. The highest BCUT2D eigenvalue weighted by atomic mass is 16.6. The van der Waals surface area contributed by atoms with E-state index in [9.17, 15) is 9.59 Å². The lowest BCUT2D eigenvalue weighted by molar-refractivity contribution is -0.133. The predicted molar refractivity (Wildman–Crippen MR) is 79.7 cm³/mol. The van der Waals surface area contributed by atoms with Crippen LogP contribution < -0.4 is 10.1 Å². The first kappa shape index (κ1) is 14.7. The molecule has 118 valence electrons. The predicted octanol–water partition coefficient (Wildman–Crippen LogP) is 1.34. The van der Waals surface area contributed by atoms with Crippen molar-refractivity contribution >= 4 is 12.0 Å². The molecule has 2 amide bonds. The lowest BCUT2D eigenvalue weighted by Crippen LogP contribution is -2.48. The molecule has 1 spiro atoms. The van der Waals surface area contributed by atoms with E-state index in [4.69, 9.17) is 9.47 Å². The first-order valence-electron chi connectivity index (χ1n) is 7.48. The van der Waals surface area contributed by atoms with Crippen LogP contribution in [0.1, 0.15) is 18.4 Å². The third-order valence-electron chi connectivity index (χ3n) is 4.38. The molecule has 1 aromatic carbocycles. The molecule has 1 aromatic rings. The number of likely N-dealkylation sites (tertiary alicyclic amines) is 1. The van der Waals surface area contributed by atoms with Crippen LogP contribution in [0.5, 0.6) is 5.75 Å². The van der Waals surface area contributed by atoms with Crippen LogP contribution in [0.3, 0.4) is 0 Å². The zero-order chi connectivity index (χ0) is 15.6. The number of rotatable bonds is 3. The summed E-state index contributed by atoms with van der Waals surface area (Å²) in [6.45, 7) is 1.79. The van der Waals surface area contributed by atoms with Crippen LogP contribution in [-0.4, -0.2) is 49.2 Å². The van der Waals surface area contributed by atoms with E-state index in [0.29, 0.717) is 38.9 Å². The van der Waals surface area contributed by atoms with Crippen molar-refractivity contribution in [3.63, 3.8) is 0 Å². The minimum atomic E-state index is -0.413. The smallest absolute Gasteiger partial charge is 0.407 e. The molecule has 2 fully saturated rings. The fourth-order valence-corrected chi connectivity index (χ4v) is 3.01. The Morgan fingerprint density at radius 3 is 2.82 bits per heavy atom. The van der Waals surface area contributed by atoms with Gasteiger partial charge in [-0.3, -0.25) is 4.79 Å². The van der Waals surface area contributed by atoms with E-state index in [-0.39, 0.29) is 12.0 Å². The molecule has 0 aliphatic carbocycles. The van der Waals surface area contributed by atoms with Crippen molar-refractivity contribution in [1.29, 1.82) is 0 Å². The van der Waals surface area contributed by atoms with Crippen molar-refractivity contribution in [3.8, 4) is 5.75 Å². The molecule has 0 bridgehead atoms. The zero-order valence-electron chi connectivity index (χ0n) is 12.6. The SMILES string of the molecule is COc1cccc(CC(=O)N2CCC3(CC2)CNC(=O)O3)c1. The van der Waals surface area contributed by atoms with E-state index in [0.717, 1.165) is 11.3 Å². The largest absolute Gasteiger partial charge is 0.497 e. The van der Waals surface area contributed by atoms with Gasteiger partial charge in [0.05, 0.1) is 20.1 Å². The Morgan fingerprint density at radius 1 is 1.41 bits per heavy atom. The van der Waals surface area contributed by atoms with Gasteiger partial charge in [-0.1, -0.05) is 12.1 Å². The Labute approximate surface area is 129 Å². The minimum absolute atomic E-state index is 0.0976. The second-order valence-electron chi connectivity index (χ2n) is 5.84. The first-order chi connectivity index (χ1) is 10.6. The molecular formula is C16H20N2O4. The van der Waals surface area contributed by atoms with Crippen LogP contribution in [0, 0.1) is 0 Å². The van der Waals surface area contributed by atoms with Crippen molar-refractivity contribution in [2.45, 2.75) is 24.9 Å². The van der Waals surface area contributed by atoms with E-state index in [1.807, 2.05) is 29.2 Å². The molecule has 22 heavy (non-hydrogen) atoms. The van der Waals surface area contributed by atoms with Crippen molar-refractivity contribution in [1.82, 2.24) is 10.2 Å². The highest BCUT2D eigenvalue weighted by Crippen LogP contribution is 2.29. The van der Waals surface area contributed by atoms with Crippen molar-refractivity contribution in [3.05, 3.63) is 29.8 Å². The quantitative estimate of drug-likeness (QED) is 0.915. The molecule has 2 heterocycles. The fraction of sp³-hybridized carbons (Fsp3) is 0.500. The van der Waals surface area contributed by atoms with Gasteiger partial charge < -0.3 is 19.7 Å². The van der Waals surface area contributed by atoms with Crippen molar-refractivity contribution < 1.29 is 19.1 Å². The molecule has 0 unspecified atom stereocenters. The topological polar surface area (TPSA) is 67.9 Å². The Hall–Kier alpha value is -2.24. The standard InChI is InChI=1S/C16H20N2O4/c1-21-13-4-2-3-12(9-13)10-14(19)18-7-5-16(6-8-18)11-17-15(20)22-16/h2-4,9H,5-8,10-11H2,1H3,(H,17,20). The summed E-state index contributed by atoms with van der Waals surface area (Å²) in [4.78, 5) is 25.4. The first-order valence-corrected chi connectivity index (χ1v) is 7.48. The second-order valence-corrected chi connectivity index (χ2v) is 5.84. The van der Waals surface area contributed by atoms with Gasteiger partial charge in [0.1, 0.15) is 11.4 Å². The lowest BCUT2D eigenvalue weighted by atomic mass is 9.91.